The van der Waals surface area contributed by atoms with Crippen LogP contribution in [-0.2, 0) is 16.6 Å². The maximum atomic E-state index is 13.6. The number of methoxy groups -OCH3 is 2. The van der Waals surface area contributed by atoms with Gasteiger partial charge in [0.2, 0.25) is 10.0 Å². The van der Waals surface area contributed by atoms with E-state index in [9.17, 15) is 13.2 Å². The van der Waals surface area contributed by atoms with Gasteiger partial charge in [-0.05, 0) is 61.4 Å². The van der Waals surface area contributed by atoms with E-state index in [1.807, 2.05) is 6.07 Å². The highest BCUT2D eigenvalue weighted by Crippen LogP contribution is 2.31. The zero-order chi connectivity index (χ0) is 22.0. The van der Waals surface area contributed by atoms with E-state index in [1.54, 1.807) is 49.6 Å². The van der Waals surface area contributed by atoms with Crippen LogP contribution in [0, 0.1) is 0 Å². The van der Waals surface area contributed by atoms with Crippen LogP contribution in [0.1, 0.15) is 31.2 Å². The Balaban J connectivity index is 1.75. The first kappa shape index (κ1) is 21.4. The summed E-state index contributed by atoms with van der Waals surface area (Å²) in [4.78, 5) is 15.8. The quantitative estimate of drug-likeness (QED) is 0.603. The molecule has 7 nitrogen and oxygen atoms in total. The van der Waals surface area contributed by atoms with Crippen molar-refractivity contribution in [2.75, 3.05) is 14.2 Å². The minimum Gasteiger partial charge on any atom is -0.497 e. The predicted molar refractivity (Wildman–Crippen MR) is 119 cm³/mol. The molecule has 1 heterocycles. The van der Waals surface area contributed by atoms with E-state index >= 15 is 0 Å². The second-order valence-electron chi connectivity index (χ2n) is 7.74. The Bertz CT molecular complexity index is 1230. The summed E-state index contributed by atoms with van der Waals surface area (Å²) in [7, 11) is -0.673. The fourth-order valence-electron chi connectivity index (χ4n) is 4.13. The third kappa shape index (κ3) is 4.31. The molecule has 1 fully saturated rings. The van der Waals surface area contributed by atoms with Crippen LogP contribution < -0.4 is 15.0 Å². The fourth-order valence-corrected chi connectivity index (χ4v) is 5.79. The van der Waals surface area contributed by atoms with Gasteiger partial charge in [-0.25, -0.2) is 8.42 Å². The maximum absolute atomic E-state index is 13.6. The molecule has 0 radical (unpaired) electrons. The molecule has 0 amide bonds. The predicted octanol–water partition coefficient (Wildman–Crippen LogP) is 3.68. The highest BCUT2D eigenvalue weighted by Gasteiger charge is 2.34. The number of nitrogens with one attached hydrogen (secondary N) is 1. The highest BCUT2D eigenvalue weighted by atomic mass is 32.2. The lowest BCUT2D eigenvalue weighted by Gasteiger charge is -2.28. The second-order valence-corrected chi connectivity index (χ2v) is 9.63. The van der Waals surface area contributed by atoms with Gasteiger partial charge in [-0.2, -0.15) is 4.31 Å². The Morgan fingerprint density at radius 2 is 1.61 bits per heavy atom. The lowest BCUT2D eigenvalue weighted by atomic mass is 10.1. The average molecular weight is 443 g/mol. The third-order valence-corrected chi connectivity index (χ3v) is 7.77. The minimum absolute atomic E-state index is 0.0154. The van der Waals surface area contributed by atoms with Crippen molar-refractivity contribution in [3.8, 4) is 11.5 Å². The monoisotopic (exact) mass is 442 g/mol. The van der Waals surface area contributed by atoms with Crippen LogP contribution in [0.5, 0.6) is 11.5 Å². The molecule has 3 aromatic rings. The number of ether oxygens (including phenoxy) is 2. The van der Waals surface area contributed by atoms with Crippen molar-refractivity contribution in [2.24, 2.45) is 0 Å². The lowest BCUT2D eigenvalue weighted by molar-refractivity contribution is 0.315. The molecule has 0 saturated heterocycles. The van der Waals surface area contributed by atoms with E-state index in [4.69, 9.17) is 9.47 Å². The summed E-state index contributed by atoms with van der Waals surface area (Å²) in [6, 6.07) is 13.4. The molecule has 1 aliphatic carbocycles. The minimum atomic E-state index is -3.79. The summed E-state index contributed by atoms with van der Waals surface area (Å²) in [5.74, 6) is 1.26. The molecule has 0 bridgehead atoms. The highest BCUT2D eigenvalue weighted by molar-refractivity contribution is 7.89. The number of hydrogen-bond acceptors (Lipinski definition) is 5. The topological polar surface area (TPSA) is 88.7 Å². The number of fused-ring (bicyclic) bond motifs is 1. The zero-order valence-electron chi connectivity index (χ0n) is 17.6. The molecule has 1 N–H and O–H groups in total. The number of nitrogens with zero attached hydrogens (tertiary/aromatic N) is 1. The Hall–Kier alpha value is -2.84. The van der Waals surface area contributed by atoms with E-state index < -0.39 is 10.0 Å². The van der Waals surface area contributed by atoms with Gasteiger partial charge >= 0.3 is 0 Å². The number of hydrogen-bond donors (Lipinski definition) is 1. The number of H-pyrrole nitrogens is 1. The van der Waals surface area contributed by atoms with Gasteiger partial charge in [0.05, 0.1) is 19.1 Å². The third-order valence-electron chi connectivity index (χ3n) is 5.85. The van der Waals surface area contributed by atoms with Gasteiger partial charge in [-0.3, -0.25) is 4.79 Å². The van der Waals surface area contributed by atoms with Crippen molar-refractivity contribution in [3.05, 3.63) is 64.4 Å². The fraction of sp³-hybridized carbons (Fsp3) is 0.348. The summed E-state index contributed by atoms with van der Waals surface area (Å²) >= 11 is 0. The number of sulfonamides is 1. The number of aromatic nitrogens is 1. The van der Waals surface area contributed by atoms with Crippen molar-refractivity contribution in [2.45, 2.75) is 43.2 Å². The smallest absolute Gasteiger partial charge is 0.252 e. The van der Waals surface area contributed by atoms with E-state index in [1.165, 1.54) is 11.4 Å². The Morgan fingerprint density at radius 3 is 2.26 bits per heavy atom. The van der Waals surface area contributed by atoms with E-state index in [-0.39, 0.29) is 23.0 Å². The summed E-state index contributed by atoms with van der Waals surface area (Å²) in [6.07, 6.45) is 3.53. The van der Waals surface area contributed by atoms with E-state index in [0.29, 0.717) is 22.6 Å². The van der Waals surface area contributed by atoms with Crippen LogP contribution in [0.4, 0.5) is 0 Å². The largest absolute Gasteiger partial charge is 0.497 e. The number of pyridine rings is 1. The Labute approximate surface area is 181 Å². The summed E-state index contributed by atoms with van der Waals surface area (Å²) in [6.45, 7) is 0.0154. The molecule has 2 aromatic carbocycles. The van der Waals surface area contributed by atoms with Crippen molar-refractivity contribution >= 4 is 20.9 Å². The van der Waals surface area contributed by atoms with Gasteiger partial charge in [0.1, 0.15) is 11.5 Å². The first-order valence-electron chi connectivity index (χ1n) is 10.3. The van der Waals surface area contributed by atoms with Gasteiger partial charge < -0.3 is 14.5 Å². The summed E-state index contributed by atoms with van der Waals surface area (Å²) in [5, 5.41) is 0.794. The number of benzene rings is 2. The Morgan fingerprint density at radius 1 is 0.968 bits per heavy atom. The molecular weight excluding hydrogens is 416 g/mol. The van der Waals surface area contributed by atoms with E-state index in [0.717, 1.165) is 31.1 Å². The van der Waals surface area contributed by atoms with E-state index in [2.05, 4.69) is 4.98 Å². The van der Waals surface area contributed by atoms with Crippen molar-refractivity contribution in [1.29, 1.82) is 0 Å². The van der Waals surface area contributed by atoms with Crippen LogP contribution in [0.25, 0.3) is 10.9 Å². The summed E-state index contributed by atoms with van der Waals surface area (Å²) in [5.41, 5.74) is 0.801. The molecule has 1 aromatic heterocycles. The molecule has 0 spiro atoms. The standard InChI is InChI=1S/C23H26N2O5S/c1-29-19-7-10-21(11-8-19)31(27,28)25(18-5-3-4-6-18)15-17-13-16-14-20(30-2)9-12-22(16)24-23(17)26/h7-14,18H,3-6,15H2,1-2H3,(H,24,26). The Kier molecular flexibility index (Phi) is 6.02. The second kappa shape index (κ2) is 8.72. The molecule has 1 saturated carbocycles. The molecule has 164 valence electrons. The van der Waals surface area contributed by atoms with Crippen molar-refractivity contribution in [3.63, 3.8) is 0 Å². The normalized spacial score (nSPS) is 14.9. The molecule has 1 aliphatic rings. The first-order chi connectivity index (χ1) is 14.9. The van der Waals surface area contributed by atoms with Crippen LogP contribution >= 0.6 is 0 Å². The molecule has 0 atom stereocenters. The molecule has 0 unspecified atom stereocenters. The zero-order valence-corrected chi connectivity index (χ0v) is 18.4. The lowest BCUT2D eigenvalue weighted by Crippen LogP contribution is -2.39. The van der Waals surface area contributed by atoms with Crippen molar-refractivity contribution < 1.29 is 17.9 Å². The van der Waals surface area contributed by atoms with Crippen molar-refractivity contribution in [1.82, 2.24) is 9.29 Å². The molecule has 4 rings (SSSR count). The molecule has 31 heavy (non-hydrogen) atoms. The molecule has 8 heteroatoms. The number of rotatable bonds is 7. The van der Waals surface area contributed by atoms with Crippen LogP contribution in [-0.4, -0.2) is 38.0 Å². The molecular formula is C23H26N2O5S. The average Bonchev–Trinajstić information content (AvgIpc) is 3.31. The molecule has 0 aliphatic heterocycles. The van der Waals surface area contributed by atoms with Crippen LogP contribution in [0.2, 0.25) is 0 Å². The van der Waals surface area contributed by atoms with Crippen LogP contribution in [0.15, 0.2) is 58.2 Å². The van der Waals surface area contributed by atoms with Gasteiger partial charge in [-0.1, -0.05) is 12.8 Å². The SMILES string of the molecule is COc1ccc(S(=O)(=O)N(Cc2cc3cc(OC)ccc3[nH]c2=O)C2CCCC2)cc1. The number of aromatic amines is 1. The van der Waals surface area contributed by atoms with Gasteiger partial charge in [-0.15, -0.1) is 0 Å². The van der Waals surface area contributed by atoms with Gasteiger partial charge in [0.15, 0.2) is 0 Å². The van der Waals surface area contributed by atoms with Crippen LogP contribution in [0.3, 0.4) is 0 Å². The maximum Gasteiger partial charge on any atom is 0.252 e. The summed E-state index contributed by atoms with van der Waals surface area (Å²) < 4.78 is 39.0. The van der Waals surface area contributed by atoms with Gasteiger partial charge in [0.25, 0.3) is 5.56 Å². The van der Waals surface area contributed by atoms with Gasteiger partial charge in [0, 0.05) is 29.1 Å². The first-order valence-corrected chi connectivity index (χ1v) is 11.7.